The van der Waals surface area contributed by atoms with Gasteiger partial charge >= 0.3 is 0 Å². The molecule has 8 aromatic carbocycles. The van der Waals surface area contributed by atoms with Crippen molar-refractivity contribution < 1.29 is 4.42 Å². The SMILES string of the molecule is C1=C(c2ccccc2)c2c(oc3cc(-n4c5ccccc5c5cc(-c6ccc7c(c6)c6ccccc6n7-c6cccc(-c7ccccc7)c6)ccc54)ccc23)CC1. The van der Waals surface area contributed by atoms with Crippen LogP contribution in [-0.2, 0) is 6.42 Å². The van der Waals surface area contributed by atoms with Crippen LogP contribution in [0.3, 0.4) is 0 Å². The van der Waals surface area contributed by atoms with Gasteiger partial charge in [-0.05, 0) is 100 Å². The Hall–Kier alpha value is -7.36. The van der Waals surface area contributed by atoms with Crippen molar-refractivity contribution in [2.24, 2.45) is 0 Å². The zero-order valence-electron chi connectivity index (χ0n) is 31.2. The van der Waals surface area contributed by atoms with Gasteiger partial charge in [0.1, 0.15) is 11.3 Å². The molecule has 0 saturated heterocycles. The number of fused-ring (bicyclic) bond motifs is 9. The number of aromatic nitrogens is 2. The number of nitrogens with zero attached hydrogens (tertiary/aromatic N) is 2. The molecule has 0 N–H and O–H groups in total. The van der Waals surface area contributed by atoms with Crippen molar-refractivity contribution >= 4 is 60.2 Å². The highest BCUT2D eigenvalue weighted by Gasteiger charge is 2.23. The summed E-state index contributed by atoms with van der Waals surface area (Å²) in [7, 11) is 0. The standard InChI is InChI=1S/C54H36N2O/c1-3-13-35(14-4-1)37-17-11-18-40(31-37)55-48-22-9-7-19-43(48)46-32-38(25-29-50(46)55)39-26-30-51-47(33-39)44-20-8-10-23-49(44)56(51)41-27-28-45-53(34-41)57-52-24-12-21-42(54(45)52)36-15-5-2-6-16-36/h1-11,13-23,25-34H,12,24H2. The molecule has 12 rings (SSSR count). The van der Waals surface area contributed by atoms with E-state index in [0.29, 0.717) is 0 Å². The number of furan rings is 1. The minimum Gasteiger partial charge on any atom is -0.460 e. The van der Waals surface area contributed by atoms with Crippen LogP contribution in [0.1, 0.15) is 23.3 Å². The van der Waals surface area contributed by atoms with Gasteiger partial charge in [0.2, 0.25) is 0 Å². The molecule has 268 valence electrons. The molecule has 57 heavy (non-hydrogen) atoms. The highest BCUT2D eigenvalue weighted by molar-refractivity contribution is 6.13. The van der Waals surface area contributed by atoms with Crippen LogP contribution in [0.2, 0.25) is 0 Å². The molecule has 0 fully saturated rings. The lowest BCUT2D eigenvalue weighted by Gasteiger charge is -2.13. The van der Waals surface area contributed by atoms with E-state index in [0.717, 1.165) is 35.6 Å². The normalized spacial score (nSPS) is 12.9. The summed E-state index contributed by atoms with van der Waals surface area (Å²) in [5, 5.41) is 6.14. The monoisotopic (exact) mass is 728 g/mol. The van der Waals surface area contributed by atoms with Gasteiger partial charge in [-0.2, -0.15) is 0 Å². The van der Waals surface area contributed by atoms with Crippen molar-refractivity contribution in [2.45, 2.75) is 12.8 Å². The quantitative estimate of drug-likeness (QED) is 0.173. The highest BCUT2D eigenvalue weighted by Crippen LogP contribution is 2.42. The molecule has 1 aliphatic carbocycles. The van der Waals surface area contributed by atoms with E-state index in [1.54, 1.807) is 0 Å². The van der Waals surface area contributed by atoms with Gasteiger partial charge in [-0.25, -0.2) is 0 Å². The van der Waals surface area contributed by atoms with Crippen LogP contribution in [0.5, 0.6) is 0 Å². The van der Waals surface area contributed by atoms with Crippen LogP contribution in [0.25, 0.3) is 93.8 Å². The van der Waals surface area contributed by atoms with Crippen LogP contribution in [0.4, 0.5) is 0 Å². The summed E-state index contributed by atoms with van der Waals surface area (Å²) < 4.78 is 11.4. The van der Waals surface area contributed by atoms with E-state index < -0.39 is 0 Å². The maximum Gasteiger partial charge on any atom is 0.137 e. The Balaban J connectivity index is 0.978. The molecule has 0 bridgehead atoms. The van der Waals surface area contributed by atoms with Crippen LogP contribution >= 0.6 is 0 Å². The first-order chi connectivity index (χ1) is 28.3. The average Bonchev–Trinajstić information content (AvgIpc) is 3.94. The van der Waals surface area contributed by atoms with Crippen molar-refractivity contribution in [3.8, 4) is 33.6 Å². The number of allylic oxidation sites excluding steroid dienone is 1. The van der Waals surface area contributed by atoms with Crippen molar-refractivity contribution in [1.29, 1.82) is 0 Å². The van der Waals surface area contributed by atoms with Crippen molar-refractivity contribution in [3.63, 3.8) is 0 Å². The maximum absolute atomic E-state index is 6.65. The van der Waals surface area contributed by atoms with Gasteiger partial charge in [0, 0.05) is 56.4 Å². The summed E-state index contributed by atoms with van der Waals surface area (Å²) >= 11 is 0. The second-order valence-electron chi connectivity index (χ2n) is 15.2. The zero-order chi connectivity index (χ0) is 37.5. The Bertz CT molecular complexity index is 3390. The fraction of sp³-hybridized carbons (Fsp3) is 0.0370. The lowest BCUT2D eigenvalue weighted by atomic mass is 9.89. The second kappa shape index (κ2) is 12.6. The molecule has 3 nitrogen and oxygen atoms in total. The molecule has 11 aromatic rings. The van der Waals surface area contributed by atoms with Crippen LogP contribution in [0, 0.1) is 0 Å². The van der Waals surface area contributed by atoms with Gasteiger partial charge in [0.15, 0.2) is 0 Å². The average molecular weight is 729 g/mol. The van der Waals surface area contributed by atoms with E-state index in [4.69, 9.17) is 4.42 Å². The van der Waals surface area contributed by atoms with Crippen molar-refractivity contribution in [1.82, 2.24) is 9.13 Å². The Morgan fingerprint density at radius 3 is 1.58 bits per heavy atom. The fourth-order valence-electron chi connectivity index (χ4n) is 9.39. The van der Waals surface area contributed by atoms with E-state index >= 15 is 0 Å². The largest absolute Gasteiger partial charge is 0.460 e. The van der Waals surface area contributed by atoms with Gasteiger partial charge in [-0.3, -0.25) is 0 Å². The third-order valence-corrected chi connectivity index (χ3v) is 12.0. The predicted octanol–water partition coefficient (Wildman–Crippen LogP) is 14.3. The number of hydrogen-bond acceptors (Lipinski definition) is 1. The molecule has 0 unspecified atom stereocenters. The summed E-state index contributed by atoms with van der Waals surface area (Å²) in [6.07, 6.45) is 4.27. The fourth-order valence-corrected chi connectivity index (χ4v) is 9.39. The molecule has 0 atom stereocenters. The smallest absolute Gasteiger partial charge is 0.137 e. The molecule has 0 spiro atoms. The maximum atomic E-state index is 6.65. The number of rotatable bonds is 5. The van der Waals surface area contributed by atoms with Crippen LogP contribution < -0.4 is 0 Å². The molecule has 0 amide bonds. The molecular weight excluding hydrogens is 693 g/mol. The first-order valence-corrected chi connectivity index (χ1v) is 19.8. The third kappa shape index (κ3) is 4.99. The zero-order valence-corrected chi connectivity index (χ0v) is 31.2. The van der Waals surface area contributed by atoms with Gasteiger partial charge in [-0.15, -0.1) is 0 Å². The molecule has 3 heterocycles. The van der Waals surface area contributed by atoms with E-state index in [2.05, 4.69) is 203 Å². The molecule has 3 aromatic heterocycles. The second-order valence-corrected chi connectivity index (χ2v) is 15.2. The Kier molecular flexibility index (Phi) is 7.05. The van der Waals surface area contributed by atoms with Gasteiger partial charge in [0.05, 0.1) is 22.1 Å². The highest BCUT2D eigenvalue weighted by atomic mass is 16.3. The van der Waals surface area contributed by atoms with Gasteiger partial charge in [0.25, 0.3) is 0 Å². The minimum atomic E-state index is 0.918. The summed E-state index contributed by atoms with van der Waals surface area (Å²) in [6, 6.07) is 68.4. The van der Waals surface area contributed by atoms with E-state index in [1.807, 2.05) is 0 Å². The van der Waals surface area contributed by atoms with Crippen molar-refractivity contribution in [2.75, 3.05) is 0 Å². The van der Waals surface area contributed by atoms with Crippen LogP contribution in [0.15, 0.2) is 199 Å². The lowest BCUT2D eigenvalue weighted by Crippen LogP contribution is -1.98. The molecule has 1 aliphatic rings. The van der Waals surface area contributed by atoms with Gasteiger partial charge < -0.3 is 13.6 Å². The molecule has 0 aliphatic heterocycles. The predicted molar refractivity (Wildman–Crippen MR) is 238 cm³/mol. The van der Waals surface area contributed by atoms with E-state index in [1.165, 1.54) is 88.0 Å². The van der Waals surface area contributed by atoms with E-state index in [-0.39, 0.29) is 0 Å². The number of hydrogen-bond donors (Lipinski definition) is 0. The van der Waals surface area contributed by atoms with Crippen LogP contribution in [-0.4, -0.2) is 9.13 Å². The minimum absolute atomic E-state index is 0.918. The third-order valence-electron chi connectivity index (χ3n) is 12.0. The topological polar surface area (TPSA) is 23.0 Å². The molecular formula is C54H36N2O. The number of benzene rings is 8. The first kappa shape index (κ1) is 31.9. The Morgan fingerprint density at radius 1 is 0.368 bits per heavy atom. The van der Waals surface area contributed by atoms with Crippen molar-refractivity contribution in [3.05, 3.63) is 211 Å². The molecule has 3 heteroatoms. The lowest BCUT2D eigenvalue weighted by molar-refractivity contribution is 0.545. The Labute approximate surface area is 330 Å². The molecule has 0 radical (unpaired) electrons. The molecule has 0 saturated carbocycles. The Morgan fingerprint density at radius 2 is 0.912 bits per heavy atom. The summed E-state index contributed by atoms with van der Waals surface area (Å²) in [4.78, 5) is 0. The first-order valence-electron chi connectivity index (χ1n) is 19.8. The number of para-hydroxylation sites is 2. The number of aryl methyl sites for hydroxylation is 1. The summed E-state index contributed by atoms with van der Waals surface area (Å²) in [6.45, 7) is 0. The van der Waals surface area contributed by atoms with E-state index in [9.17, 15) is 0 Å². The summed E-state index contributed by atoms with van der Waals surface area (Å²) in [5.74, 6) is 1.08. The summed E-state index contributed by atoms with van der Waals surface area (Å²) in [5.41, 5.74) is 16.5. The van der Waals surface area contributed by atoms with Gasteiger partial charge in [-0.1, -0.05) is 127 Å².